The summed E-state index contributed by atoms with van der Waals surface area (Å²) in [6.45, 7) is 4.66. The molecule has 0 amide bonds. The Balaban J connectivity index is 0. The maximum absolute atomic E-state index is 5.63. The molecule has 0 spiro atoms. The van der Waals surface area contributed by atoms with E-state index in [1.165, 1.54) is 77.3 Å². The van der Waals surface area contributed by atoms with Gasteiger partial charge in [-0.25, -0.2) is 0 Å². The summed E-state index contributed by atoms with van der Waals surface area (Å²) in [7, 11) is 0. The molecule has 0 atom stereocenters. The molecule has 0 fully saturated rings. The van der Waals surface area contributed by atoms with Gasteiger partial charge in [0.25, 0.3) is 0 Å². The molecule has 0 aliphatic heterocycles. The van der Waals surface area contributed by atoms with Gasteiger partial charge in [-0.05, 0) is 32.4 Å². The fraction of sp³-hybridized carbons (Fsp3) is 1.00. The standard InChI is InChI=1S/C14H30ClN.ClH/c1-2-3-13-16-14-11-9-7-5-4-6-8-10-12-15;/h16H,2-14H2,1H3;1H. The summed E-state index contributed by atoms with van der Waals surface area (Å²) in [6, 6.07) is 0. The van der Waals surface area contributed by atoms with Gasteiger partial charge in [-0.1, -0.05) is 51.9 Å². The summed E-state index contributed by atoms with van der Waals surface area (Å²) < 4.78 is 0. The zero-order chi connectivity index (χ0) is 11.9. The average molecular weight is 284 g/mol. The monoisotopic (exact) mass is 283 g/mol. The first-order valence-corrected chi connectivity index (χ1v) is 7.72. The van der Waals surface area contributed by atoms with Crippen molar-refractivity contribution >= 4 is 24.0 Å². The van der Waals surface area contributed by atoms with E-state index < -0.39 is 0 Å². The molecular weight excluding hydrogens is 253 g/mol. The fourth-order valence-corrected chi connectivity index (χ4v) is 2.02. The van der Waals surface area contributed by atoms with Crippen LogP contribution in [0.1, 0.15) is 71.1 Å². The second-order valence-electron chi connectivity index (χ2n) is 4.62. The maximum Gasteiger partial charge on any atom is 0.0223 e. The molecule has 0 bridgehead atoms. The third kappa shape index (κ3) is 19.1. The van der Waals surface area contributed by atoms with Gasteiger partial charge >= 0.3 is 0 Å². The van der Waals surface area contributed by atoms with Crippen LogP contribution in [-0.4, -0.2) is 19.0 Å². The van der Waals surface area contributed by atoms with E-state index in [0.717, 1.165) is 5.88 Å². The highest BCUT2D eigenvalue weighted by Gasteiger charge is 1.92. The second-order valence-corrected chi connectivity index (χ2v) is 5.00. The van der Waals surface area contributed by atoms with Gasteiger partial charge in [0.2, 0.25) is 0 Å². The molecule has 1 nitrogen and oxygen atoms in total. The minimum absolute atomic E-state index is 0. The van der Waals surface area contributed by atoms with E-state index in [0.29, 0.717) is 0 Å². The summed E-state index contributed by atoms with van der Waals surface area (Å²) in [5.41, 5.74) is 0. The Morgan fingerprint density at radius 1 is 0.706 bits per heavy atom. The summed E-state index contributed by atoms with van der Waals surface area (Å²) in [5, 5.41) is 3.49. The summed E-state index contributed by atoms with van der Waals surface area (Å²) in [4.78, 5) is 0. The number of halogens is 2. The largest absolute Gasteiger partial charge is 0.317 e. The van der Waals surface area contributed by atoms with Gasteiger partial charge in [0.05, 0.1) is 0 Å². The first-order chi connectivity index (χ1) is 7.91. The van der Waals surface area contributed by atoms with Crippen molar-refractivity contribution in [2.45, 2.75) is 71.1 Å². The van der Waals surface area contributed by atoms with Gasteiger partial charge in [0.15, 0.2) is 0 Å². The Hall–Kier alpha value is 0.540. The minimum Gasteiger partial charge on any atom is -0.317 e. The fourth-order valence-electron chi connectivity index (χ4n) is 1.83. The van der Waals surface area contributed by atoms with Crippen LogP contribution in [0.15, 0.2) is 0 Å². The number of unbranched alkanes of at least 4 members (excludes halogenated alkanes) is 8. The normalized spacial score (nSPS) is 10.2. The predicted molar refractivity (Wildman–Crippen MR) is 82.7 cm³/mol. The lowest BCUT2D eigenvalue weighted by atomic mass is 10.1. The first kappa shape index (κ1) is 19.9. The van der Waals surface area contributed by atoms with Crippen molar-refractivity contribution < 1.29 is 0 Å². The van der Waals surface area contributed by atoms with Crippen LogP contribution in [0, 0.1) is 0 Å². The van der Waals surface area contributed by atoms with E-state index in [9.17, 15) is 0 Å². The topological polar surface area (TPSA) is 12.0 Å². The lowest BCUT2D eigenvalue weighted by Gasteiger charge is -2.03. The molecule has 0 aromatic heterocycles. The highest BCUT2D eigenvalue weighted by Crippen LogP contribution is 2.08. The van der Waals surface area contributed by atoms with Crippen LogP contribution in [0.5, 0.6) is 0 Å². The molecule has 0 heterocycles. The lowest BCUT2D eigenvalue weighted by molar-refractivity contribution is 0.550. The number of nitrogens with one attached hydrogen (secondary N) is 1. The molecule has 3 heteroatoms. The number of alkyl halides is 1. The zero-order valence-corrected chi connectivity index (χ0v) is 13.1. The number of hydrogen-bond donors (Lipinski definition) is 1. The van der Waals surface area contributed by atoms with Crippen molar-refractivity contribution in [3.8, 4) is 0 Å². The molecular formula is C14H31Cl2N. The van der Waals surface area contributed by atoms with Gasteiger partial charge in [0, 0.05) is 5.88 Å². The van der Waals surface area contributed by atoms with Crippen LogP contribution in [0.25, 0.3) is 0 Å². The van der Waals surface area contributed by atoms with Crippen molar-refractivity contribution in [3.05, 3.63) is 0 Å². The lowest BCUT2D eigenvalue weighted by Crippen LogP contribution is -2.16. The van der Waals surface area contributed by atoms with Crippen LogP contribution in [0.3, 0.4) is 0 Å². The Labute approximate surface area is 119 Å². The Morgan fingerprint density at radius 3 is 1.71 bits per heavy atom. The Bertz CT molecular complexity index is 107. The van der Waals surface area contributed by atoms with Gasteiger partial charge in [-0.15, -0.1) is 24.0 Å². The van der Waals surface area contributed by atoms with Crippen LogP contribution in [0.2, 0.25) is 0 Å². The van der Waals surface area contributed by atoms with Crippen LogP contribution in [0.4, 0.5) is 0 Å². The van der Waals surface area contributed by atoms with Gasteiger partial charge in [-0.3, -0.25) is 0 Å². The molecule has 0 aromatic rings. The van der Waals surface area contributed by atoms with Gasteiger partial charge < -0.3 is 5.32 Å². The maximum atomic E-state index is 5.63. The van der Waals surface area contributed by atoms with Gasteiger partial charge in [-0.2, -0.15) is 0 Å². The quantitative estimate of drug-likeness (QED) is 0.364. The highest BCUT2D eigenvalue weighted by molar-refractivity contribution is 6.17. The average Bonchev–Trinajstić information content (AvgIpc) is 2.31. The van der Waals surface area contributed by atoms with Crippen molar-refractivity contribution in [1.29, 1.82) is 0 Å². The van der Waals surface area contributed by atoms with Crippen LogP contribution < -0.4 is 5.32 Å². The molecule has 0 radical (unpaired) electrons. The molecule has 0 rings (SSSR count). The van der Waals surface area contributed by atoms with E-state index in [1.807, 2.05) is 0 Å². The SMILES string of the molecule is CCCCNCCCCCCCCCCCl.Cl. The highest BCUT2D eigenvalue weighted by atomic mass is 35.5. The number of hydrogen-bond acceptors (Lipinski definition) is 1. The van der Waals surface area contributed by atoms with Crippen molar-refractivity contribution in [2.75, 3.05) is 19.0 Å². The zero-order valence-electron chi connectivity index (χ0n) is 11.5. The van der Waals surface area contributed by atoms with Crippen LogP contribution in [-0.2, 0) is 0 Å². The molecule has 0 saturated heterocycles. The smallest absolute Gasteiger partial charge is 0.0223 e. The molecule has 0 saturated carbocycles. The van der Waals surface area contributed by atoms with Crippen molar-refractivity contribution in [3.63, 3.8) is 0 Å². The van der Waals surface area contributed by atoms with Crippen molar-refractivity contribution in [2.24, 2.45) is 0 Å². The molecule has 0 aliphatic carbocycles. The second kappa shape index (κ2) is 18.9. The molecule has 0 aromatic carbocycles. The van der Waals surface area contributed by atoms with Crippen molar-refractivity contribution in [1.82, 2.24) is 5.32 Å². The van der Waals surface area contributed by atoms with E-state index in [4.69, 9.17) is 11.6 Å². The summed E-state index contributed by atoms with van der Waals surface area (Å²) >= 11 is 5.63. The Kier molecular flexibility index (Phi) is 22.1. The van der Waals surface area contributed by atoms with E-state index in [2.05, 4.69) is 12.2 Å². The molecule has 0 unspecified atom stereocenters. The van der Waals surface area contributed by atoms with E-state index in [1.54, 1.807) is 0 Å². The molecule has 1 N–H and O–H groups in total. The van der Waals surface area contributed by atoms with Gasteiger partial charge in [0.1, 0.15) is 0 Å². The predicted octanol–water partition coefficient (Wildman–Crippen LogP) is 5.16. The number of rotatable bonds is 13. The molecule has 106 valence electrons. The Morgan fingerprint density at radius 2 is 1.18 bits per heavy atom. The summed E-state index contributed by atoms with van der Waals surface area (Å²) in [6.07, 6.45) is 13.5. The molecule has 0 aliphatic rings. The third-order valence-corrected chi connectivity index (χ3v) is 3.21. The first-order valence-electron chi connectivity index (χ1n) is 7.18. The van der Waals surface area contributed by atoms with E-state index >= 15 is 0 Å². The summed E-state index contributed by atoms with van der Waals surface area (Å²) in [5.74, 6) is 0.837. The van der Waals surface area contributed by atoms with E-state index in [-0.39, 0.29) is 12.4 Å². The molecule has 17 heavy (non-hydrogen) atoms. The van der Waals surface area contributed by atoms with Crippen LogP contribution >= 0.6 is 24.0 Å². The third-order valence-electron chi connectivity index (χ3n) is 2.94. The minimum atomic E-state index is 0.